The van der Waals surface area contributed by atoms with E-state index >= 15 is 0 Å². The van der Waals surface area contributed by atoms with E-state index in [0.29, 0.717) is 17.9 Å². The van der Waals surface area contributed by atoms with Crippen LogP contribution in [0.2, 0.25) is 0 Å². The SMILES string of the molecule is C[C@H](NC(=O)c1ccc([C@@H]2SCC(=O)N2Cc2ccccc2)cc1)c1ccc2c(c1)CCCC2. The third-order valence-electron chi connectivity index (χ3n) is 6.84. The van der Waals surface area contributed by atoms with E-state index < -0.39 is 0 Å². The Bertz CT molecular complexity index is 1180. The number of benzene rings is 3. The normalized spacial score (nSPS) is 18.4. The summed E-state index contributed by atoms with van der Waals surface area (Å²) in [7, 11) is 0. The number of rotatable bonds is 6. The van der Waals surface area contributed by atoms with Crippen LogP contribution in [-0.2, 0) is 24.2 Å². The van der Waals surface area contributed by atoms with Crippen LogP contribution < -0.4 is 5.32 Å². The number of nitrogens with one attached hydrogen (secondary N) is 1. The number of carbonyl (C=O) groups is 2. The standard InChI is InChI=1S/C29H30N2O2S/c1-20(25-16-11-22-9-5-6-10-26(22)17-25)30-28(33)23-12-14-24(15-13-23)29-31(27(32)19-34-29)18-21-7-3-2-4-8-21/h2-4,7-8,11-17,20,29H,5-6,9-10,18-19H2,1H3,(H,30,33)/t20-,29-/m0/s1. The van der Waals surface area contributed by atoms with E-state index in [1.54, 1.807) is 11.8 Å². The molecule has 0 spiro atoms. The van der Waals surface area contributed by atoms with Crippen molar-refractivity contribution < 1.29 is 9.59 Å². The summed E-state index contributed by atoms with van der Waals surface area (Å²) in [5, 5.41) is 3.12. The van der Waals surface area contributed by atoms with Gasteiger partial charge in [0.1, 0.15) is 5.37 Å². The third-order valence-corrected chi connectivity index (χ3v) is 8.10. The van der Waals surface area contributed by atoms with Crippen LogP contribution in [0.1, 0.15) is 69.4 Å². The van der Waals surface area contributed by atoms with Crippen molar-refractivity contribution in [2.24, 2.45) is 0 Å². The monoisotopic (exact) mass is 470 g/mol. The van der Waals surface area contributed by atoms with Crippen LogP contribution in [0.25, 0.3) is 0 Å². The summed E-state index contributed by atoms with van der Waals surface area (Å²) < 4.78 is 0. The van der Waals surface area contributed by atoms with Gasteiger partial charge >= 0.3 is 0 Å². The molecular weight excluding hydrogens is 440 g/mol. The second kappa shape index (κ2) is 10.1. The van der Waals surface area contributed by atoms with E-state index in [2.05, 4.69) is 23.5 Å². The fourth-order valence-electron chi connectivity index (χ4n) is 4.87. The number of nitrogens with zero attached hydrogens (tertiary/aromatic N) is 1. The summed E-state index contributed by atoms with van der Waals surface area (Å²) in [5.74, 6) is 0.561. The van der Waals surface area contributed by atoms with Crippen molar-refractivity contribution in [1.29, 1.82) is 0 Å². The highest BCUT2D eigenvalue weighted by Crippen LogP contribution is 2.39. The van der Waals surface area contributed by atoms with E-state index in [1.807, 2.05) is 66.4 Å². The van der Waals surface area contributed by atoms with Crippen molar-refractivity contribution >= 4 is 23.6 Å². The Morgan fingerprint density at radius 2 is 1.74 bits per heavy atom. The Hall–Kier alpha value is -3.05. The summed E-state index contributed by atoms with van der Waals surface area (Å²) >= 11 is 1.64. The van der Waals surface area contributed by atoms with Crippen LogP contribution in [0.3, 0.4) is 0 Å². The van der Waals surface area contributed by atoms with Gasteiger partial charge in [0.25, 0.3) is 5.91 Å². The molecule has 0 bridgehead atoms. The van der Waals surface area contributed by atoms with Gasteiger partial charge in [0.05, 0.1) is 11.8 Å². The number of aryl methyl sites for hydroxylation is 2. The number of thioether (sulfide) groups is 1. The van der Waals surface area contributed by atoms with E-state index in [4.69, 9.17) is 0 Å². The molecule has 4 nitrogen and oxygen atoms in total. The maximum atomic E-state index is 12.9. The van der Waals surface area contributed by atoms with Crippen LogP contribution >= 0.6 is 11.8 Å². The first kappa shape index (κ1) is 22.7. The average Bonchev–Trinajstić information content (AvgIpc) is 3.24. The Morgan fingerprint density at radius 1 is 1.00 bits per heavy atom. The minimum atomic E-state index is -0.0759. The van der Waals surface area contributed by atoms with Crippen molar-refractivity contribution in [2.75, 3.05) is 5.75 Å². The largest absolute Gasteiger partial charge is 0.346 e. The highest BCUT2D eigenvalue weighted by Gasteiger charge is 2.32. The number of fused-ring (bicyclic) bond motifs is 1. The predicted octanol–water partition coefficient (Wildman–Crippen LogP) is 5.83. The molecule has 0 saturated carbocycles. The van der Waals surface area contributed by atoms with Crippen LogP contribution in [0.5, 0.6) is 0 Å². The lowest BCUT2D eigenvalue weighted by Gasteiger charge is -2.24. The Kier molecular flexibility index (Phi) is 6.73. The Balaban J connectivity index is 1.25. The second-order valence-electron chi connectivity index (χ2n) is 9.22. The summed E-state index contributed by atoms with van der Waals surface area (Å²) in [6.45, 7) is 2.64. The molecule has 3 aromatic rings. The van der Waals surface area contributed by atoms with Gasteiger partial charge in [-0.2, -0.15) is 0 Å². The minimum absolute atomic E-state index is 0.0285. The van der Waals surface area contributed by atoms with Gasteiger partial charge in [0, 0.05) is 12.1 Å². The third kappa shape index (κ3) is 4.90. The Morgan fingerprint density at radius 3 is 2.50 bits per heavy atom. The van der Waals surface area contributed by atoms with Gasteiger partial charge in [-0.1, -0.05) is 60.7 Å². The summed E-state index contributed by atoms with van der Waals surface area (Å²) in [5.41, 5.74) is 6.84. The number of amides is 2. The van der Waals surface area contributed by atoms with Crippen LogP contribution in [0.15, 0.2) is 72.8 Å². The first-order chi connectivity index (χ1) is 16.6. The van der Waals surface area contributed by atoms with E-state index in [9.17, 15) is 9.59 Å². The molecule has 1 aliphatic carbocycles. The van der Waals surface area contributed by atoms with Gasteiger partial charge in [-0.3, -0.25) is 9.59 Å². The lowest BCUT2D eigenvalue weighted by atomic mass is 9.89. The molecule has 5 rings (SSSR count). The highest BCUT2D eigenvalue weighted by molar-refractivity contribution is 8.00. The smallest absolute Gasteiger partial charge is 0.251 e. The Labute approximate surface area is 205 Å². The lowest BCUT2D eigenvalue weighted by Crippen LogP contribution is -2.28. The molecule has 1 N–H and O–H groups in total. The van der Waals surface area contributed by atoms with E-state index in [0.717, 1.165) is 29.5 Å². The zero-order valence-electron chi connectivity index (χ0n) is 19.5. The molecule has 2 atom stereocenters. The molecule has 0 radical (unpaired) electrons. The number of hydrogen-bond acceptors (Lipinski definition) is 3. The van der Waals surface area contributed by atoms with Gasteiger partial charge < -0.3 is 10.2 Å². The maximum absolute atomic E-state index is 12.9. The fraction of sp³-hybridized carbons (Fsp3) is 0.310. The van der Waals surface area contributed by atoms with Gasteiger partial charge in [0.15, 0.2) is 0 Å². The number of carbonyl (C=O) groups excluding carboxylic acids is 2. The summed E-state index contributed by atoms with van der Waals surface area (Å²) in [6, 6.07) is 24.3. The first-order valence-electron chi connectivity index (χ1n) is 12.1. The van der Waals surface area contributed by atoms with Crippen molar-refractivity contribution in [3.05, 3.63) is 106 Å². The van der Waals surface area contributed by atoms with Crippen LogP contribution in [0, 0.1) is 0 Å². The van der Waals surface area contributed by atoms with Crippen molar-refractivity contribution in [3.8, 4) is 0 Å². The van der Waals surface area contributed by atoms with Gasteiger partial charge in [-0.05, 0) is 72.6 Å². The van der Waals surface area contributed by atoms with Gasteiger partial charge in [-0.25, -0.2) is 0 Å². The van der Waals surface area contributed by atoms with Gasteiger partial charge in [0.2, 0.25) is 5.91 Å². The summed E-state index contributed by atoms with van der Waals surface area (Å²) in [6.07, 6.45) is 4.81. The highest BCUT2D eigenvalue weighted by atomic mass is 32.2. The summed E-state index contributed by atoms with van der Waals surface area (Å²) in [4.78, 5) is 27.4. The van der Waals surface area contributed by atoms with E-state index in [-0.39, 0.29) is 23.2 Å². The van der Waals surface area contributed by atoms with E-state index in [1.165, 1.54) is 24.0 Å². The molecule has 5 heteroatoms. The molecule has 2 aliphatic rings. The maximum Gasteiger partial charge on any atom is 0.251 e. The molecular formula is C29H30N2O2S. The van der Waals surface area contributed by atoms with Crippen LogP contribution in [0.4, 0.5) is 0 Å². The van der Waals surface area contributed by atoms with Crippen molar-refractivity contribution in [3.63, 3.8) is 0 Å². The van der Waals surface area contributed by atoms with Crippen molar-refractivity contribution in [2.45, 2.75) is 50.6 Å². The average molecular weight is 471 g/mol. The molecule has 1 fully saturated rings. The molecule has 0 aromatic heterocycles. The molecule has 1 aliphatic heterocycles. The van der Waals surface area contributed by atoms with Gasteiger partial charge in [-0.15, -0.1) is 11.8 Å². The molecule has 34 heavy (non-hydrogen) atoms. The zero-order valence-corrected chi connectivity index (χ0v) is 20.3. The topological polar surface area (TPSA) is 49.4 Å². The molecule has 174 valence electrons. The fourth-order valence-corrected chi connectivity index (χ4v) is 6.05. The molecule has 1 heterocycles. The molecule has 2 amide bonds. The second-order valence-corrected chi connectivity index (χ2v) is 10.3. The van der Waals surface area contributed by atoms with Crippen LogP contribution in [-0.4, -0.2) is 22.5 Å². The lowest BCUT2D eigenvalue weighted by molar-refractivity contribution is -0.128. The van der Waals surface area contributed by atoms with Crippen molar-refractivity contribution in [1.82, 2.24) is 10.2 Å². The zero-order chi connectivity index (χ0) is 23.5. The molecule has 3 aromatic carbocycles. The molecule has 0 unspecified atom stereocenters. The minimum Gasteiger partial charge on any atom is -0.346 e. The molecule has 1 saturated heterocycles. The quantitative estimate of drug-likeness (QED) is 0.493. The predicted molar refractivity (Wildman–Crippen MR) is 138 cm³/mol. The first-order valence-corrected chi connectivity index (χ1v) is 13.1. The number of hydrogen-bond donors (Lipinski definition) is 1.